The van der Waals surface area contributed by atoms with Crippen LogP contribution in [0.5, 0.6) is 0 Å². The van der Waals surface area contributed by atoms with E-state index in [1.165, 1.54) is 10.9 Å². The normalized spacial score (nSPS) is 11.1. The largest absolute Gasteiger partial charge is 0.313 e. The highest BCUT2D eigenvalue weighted by molar-refractivity contribution is 6.30. The molecule has 0 saturated heterocycles. The predicted molar refractivity (Wildman–Crippen MR) is 81.3 cm³/mol. The molecule has 20 heavy (non-hydrogen) atoms. The van der Waals surface area contributed by atoms with Crippen LogP contribution in [-0.2, 0) is 6.54 Å². The monoisotopic (exact) mass is 286 g/mol. The molecule has 0 amide bonds. The van der Waals surface area contributed by atoms with Crippen LogP contribution in [-0.4, -0.2) is 21.3 Å². The van der Waals surface area contributed by atoms with Crippen molar-refractivity contribution >= 4 is 22.4 Å². The second kappa shape index (κ2) is 5.61. The lowest BCUT2D eigenvalue weighted by atomic mass is 10.1. The van der Waals surface area contributed by atoms with Gasteiger partial charge in [0.05, 0.1) is 17.4 Å². The molecule has 0 aliphatic rings. The average Bonchev–Trinajstić information content (AvgIpc) is 2.91. The molecule has 0 atom stereocenters. The molecule has 0 unspecified atom stereocenters. The maximum atomic E-state index is 5.94. The topological polar surface area (TPSA) is 42.7 Å². The third-order valence-electron chi connectivity index (χ3n) is 3.19. The van der Waals surface area contributed by atoms with Crippen LogP contribution in [0, 0.1) is 0 Å². The van der Waals surface area contributed by atoms with E-state index in [9.17, 15) is 0 Å². The maximum Gasteiger partial charge on any atom is 0.161 e. The van der Waals surface area contributed by atoms with Crippen molar-refractivity contribution in [2.24, 2.45) is 0 Å². The first-order valence-electron chi connectivity index (χ1n) is 6.57. The van der Waals surface area contributed by atoms with Crippen molar-refractivity contribution in [1.82, 2.24) is 20.1 Å². The molecule has 0 saturated carbocycles. The van der Waals surface area contributed by atoms with Gasteiger partial charge >= 0.3 is 0 Å². The molecule has 3 aromatic rings. The Bertz CT molecular complexity index is 736. The summed E-state index contributed by atoms with van der Waals surface area (Å²) in [6.07, 6.45) is 5.28. The second-order valence-electron chi connectivity index (χ2n) is 4.54. The van der Waals surface area contributed by atoms with Crippen LogP contribution in [0.4, 0.5) is 0 Å². The van der Waals surface area contributed by atoms with Crippen LogP contribution in [0.25, 0.3) is 16.6 Å². The molecule has 0 aliphatic carbocycles. The Morgan fingerprint density at radius 2 is 2.00 bits per heavy atom. The van der Waals surface area contributed by atoms with Crippen molar-refractivity contribution in [2.45, 2.75) is 13.5 Å². The number of hydrogen-bond donors (Lipinski definition) is 1. The molecule has 4 nitrogen and oxygen atoms in total. The molecule has 102 valence electrons. The van der Waals surface area contributed by atoms with Gasteiger partial charge in [0.2, 0.25) is 0 Å². The maximum absolute atomic E-state index is 5.94. The quantitative estimate of drug-likeness (QED) is 0.801. The van der Waals surface area contributed by atoms with Gasteiger partial charge in [0.1, 0.15) is 0 Å². The van der Waals surface area contributed by atoms with Gasteiger partial charge in [-0.25, -0.2) is 9.67 Å². The minimum absolute atomic E-state index is 0.604. The number of hydrogen-bond acceptors (Lipinski definition) is 3. The zero-order chi connectivity index (χ0) is 13.9. The average molecular weight is 287 g/mol. The Kier molecular flexibility index (Phi) is 3.67. The molecule has 1 N–H and O–H groups in total. The van der Waals surface area contributed by atoms with E-state index in [4.69, 9.17) is 11.6 Å². The highest BCUT2D eigenvalue weighted by atomic mass is 35.5. The van der Waals surface area contributed by atoms with E-state index in [1.54, 1.807) is 17.1 Å². The van der Waals surface area contributed by atoms with E-state index in [0.717, 1.165) is 24.3 Å². The molecule has 0 aliphatic heterocycles. The molecule has 1 aromatic carbocycles. The minimum atomic E-state index is 0.604. The fourth-order valence-electron chi connectivity index (χ4n) is 2.24. The third-order valence-corrected chi connectivity index (χ3v) is 3.39. The molecular weight excluding hydrogens is 272 g/mol. The first kappa shape index (κ1) is 13.1. The van der Waals surface area contributed by atoms with E-state index in [2.05, 4.69) is 34.5 Å². The number of aromatic nitrogens is 3. The van der Waals surface area contributed by atoms with Gasteiger partial charge in [0.25, 0.3) is 0 Å². The van der Waals surface area contributed by atoms with Crippen LogP contribution in [0.2, 0.25) is 5.02 Å². The van der Waals surface area contributed by atoms with Gasteiger partial charge in [-0.3, -0.25) is 0 Å². The first-order valence-corrected chi connectivity index (χ1v) is 6.95. The van der Waals surface area contributed by atoms with E-state index in [-0.39, 0.29) is 0 Å². The Balaban J connectivity index is 2.15. The number of nitrogens with one attached hydrogen (secondary N) is 1. The summed E-state index contributed by atoms with van der Waals surface area (Å²) >= 11 is 5.94. The molecule has 0 fully saturated rings. The van der Waals surface area contributed by atoms with Gasteiger partial charge in [-0.1, -0.05) is 42.8 Å². The standard InChI is InChI=1S/C15H15ClN4/c1-2-17-7-11-8-18-15(20-10-12(16)9-19-20)14-6-4-3-5-13(11)14/h3-6,8-10,17H,2,7H2,1H3. The number of benzene rings is 1. The van der Waals surface area contributed by atoms with E-state index in [1.807, 2.05) is 18.3 Å². The van der Waals surface area contributed by atoms with Crippen molar-refractivity contribution in [3.05, 3.63) is 53.4 Å². The summed E-state index contributed by atoms with van der Waals surface area (Å²) in [7, 11) is 0. The Labute approximate surface area is 122 Å². The summed E-state index contributed by atoms with van der Waals surface area (Å²) in [6, 6.07) is 8.22. The van der Waals surface area contributed by atoms with Crippen LogP contribution < -0.4 is 5.32 Å². The van der Waals surface area contributed by atoms with Gasteiger partial charge in [0.15, 0.2) is 5.82 Å². The summed E-state index contributed by atoms with van der Waals surface area (Å²) in [5.74, 6) is 0.799. The number of halogens is 1. The molecule has 2 heterocycles. The van der Waals surface area contributed by atoms with Gasteiger partial charge in [-0.2, -0.15) is 5.10 Å². The van der Waals surface area contributed by atoms with Crippen LogP contribution in [0.1, 0.15) is 12.5 Å². The molecule has 0 bridgehead atoms. The van der Waals surface area contributed by atoms with E-state index in [0.29, 0.717) is 5.02 Å². The fraction of sp³-hybridized carbons (Fsp3) is 0.200. The van der Waals surface area contributed by atoms with Crippen LogP contribution in [0.3, 0.4) is 0 Å². The van der Waals surface area contributed by atoms with Gasteiger partial charge in [0, 0.05) is 18.1 Å². The number of nitrogens with zero attached hydrogens (tertiary/aromatic N) is 3. The third kappa shape index (κ3) is 2.40. The summed E-state index contributed by atoms with van der Waals surface area (Å²) in [4.78, 5) is 4.55. The minimum Gasteiger partial charge on any atom is -0.313 e. The predicted octanol–water partition coefficient (Wildman–Crippen LogP) is 3.18. The van der Waals surface area contributed by atoms with Crippen molar-refractivity contribution in [3.63, 3.8) is 0 Å². The molecule has 5 heteroatoms. The Hall–Kier alpha value is -1.91. The van der Waals surface area contributed by atoms with E-state index < -0.39 is 0 Å². The SMILES string of the molecule is CCNCc1cnc(-n2cc(Cl)cn2)c2ccccc12. The number of pyridine rings is 1. The van der Waals surface area contributed by atoms with E-state index >= 15 is 0 Å². The van der Waals surface area contributed by atoms with Gasteiger partial charge in [-0.05, 0) is 17.5 Å². The van der Waals surface area contributed by atoms with Crippen molar-refractivity contribution in [3.8, 4) is 5.82 Å². The molecular formula is C15H15ClN4. The lowest BCUT2D eigenvalue weighted by Gasteiger charge is -2.10. The molecule has 3 rings (SSSR count). The van der Waals surface area contributed by atoms with Crippen molar-refractivity contribution in [1.29, 1.82) is 0 Å². The fourth-order valence-corrected chi connectivity index (χ4v) is 2.37. The number of fused-ring (bicyclic) bond motifs is 1. The molecule has 0 spiro atoms. The highest BCUT2D eigenvalue weighted by Gasteiger charge is 2.09. The zero-order valence-electron chi connectivity index (χ0n) is 11.2. The Morgan fingerprint density at radius 3 is 2.70 bits per heavy atom. The smallest absolute Gasteiger partial charge is 0.161 e. The molecule has 2 aromatic heterocycles. The van der Waals surface area contributed by atoms with Crippen molar-refractivity contribution in [2.75, 3.05) is 6.54 Å². The van der Waals surface area contributed by atoms with Crippen LogP contribution >= 0.6 is 11.6 Å². The highest BCUT2D eigenvalue weighted by Crippen LogP contribution is 2.24. The van der Waals surface area contributed by atoms with Crippen LogP contribution in [0.15, 0.2) is 42.9 Å². The Morgan fingerprint density at radius 1 is 1.20 bits per heavy atom. The van der Waals surface area contributed by atoms with Crippen molar-refractivity contribution < 1.29 is 0 Å². The lowest BCUT2D eigenvalue weighted by Crippen LogP contribution is -2.13. The summed E-state index contributed by atoms with van der Waals surface area (Å²) in [5, 5.41) is 10.4. The van der Waals surface area contributed by atoms with Gasteiger partial charge in [-0.15, -0.1) is 0 Å². The summed E-state index contributed by atoms with van der Waals surface area (Å²) < 4.78 is 1.71. The zero-order valence-corrected chi connectivity index (χ0v) is 11.9. The molecule has 0 radical (unpaired) electrons. The van der Waals surface area contributed by atoms with Gasteiger partial charge < -0.3 is 5.32 Å². The number of rotatable bonds is 4. The first-order chi connectivity index (χ1) is 9.79. The summed E-state index contributed by atoms with van der Waals surface area (Å²) in [5.41, 5.74) is 1.18. The second-order valence-corrected chi connectivity index (χ2v) is 4.97. The lowest BCUT2D eigenvalue weighted by molar-refractivity contribution is 0.727. The summed E-state index contributed by atoms with van der Waals surface area (Å²) in [6.45, 7) is 3.84.